The van der Waals surface area contributed by atoms with Gasteiger partial charge in [-0.25, -0.2) is 9.59 Å². The van der Waals surface area contributed by atoms with E-state index in [4.69, 9.17) is 18.6 Å². The first-order valence-corrected chi connectivity index (χ1v) is 10.4. The molecule has 1 atom stereocenters. The van der Waals surface area contributed by atoms with Gasteiger partial charge in [0.15, 0.2) is 0 Å². The van der Waals surface area contributed by atoms with Crippen LogP contribution in [0.15, 0.2) is 43.7 Å². The third-order valence-corrected chi connectivity index (χ3v) is 6.28. The molecule has 7 nitrogen and oxygen atoms in total. The number of methoxy groups -OCH3 is 1. The van der Waals surface area contributed by atoms with E-state index in [0.717, 1.165) is 24.0 Å². The maximum atomic E-state index is 12.6. The molecule has 1 aliphatic rings. The van der Waals surface area contributed by atoms with Crippen LogP contribution < -0.4 is 16.1 Å². The van der Waals surface area contributed by atoms with Crippen molar-refractivity contribution < 1.29 is 18.6 Å². The first-order chi connectivity index (χ1) is 14.1. The Hall–Kier alpha value is -2.42. The molecule has 0 aliphatic carbocycles. The number of hydrogen-bond donors (Lipinski definition) is 0. The van der Waals surface area contributed by atoms with Crippen LogP contribution in [0.2, 0.25) is 0 Å². The van der Waals surface area contributed by atoms with Crippen LogP contribution in [0.3, 0.4) is 0 Å². The minimum absolute atomic E-state index is 0.0191. The van der Waals surface area contributed by atoms with E-state index >= 15 is 0 Å². The Morgan fingerprint density at radius 2 is 2.00 bits per heavy atom. The Bertz CT molecular complexity index is 1110. The van der Waals surface area contributed by atoms with E-state index in [-0.39, 0.29) is 12.6 Å². The van der Waals surface area contributed by atoms with Crippen LogP contribution in [0.1, 0.15) is 30.1 Å². The van der Waals surface area contributed by atoms with Gasteiger partial charge in [-0.15, -0.1) is 11.3 Å². The maximum Gasteiger partial charge on any atom is 0.423 e. The first-order valence-electron chi connectivity index (χ1n) is 9.56. The third-order valence-electron chi connectivity index (χ3n) is 5.16. The molecule has 154 valence electrons. The van der Waals surface area contributed by atoms with Gasteiger partial charge in [-0.3, -0.25) is 4.57 Å². The normalized spacial score (nSPS) is 16.2. The maximum absolute atomic E-state index is 12.6. The van der Waals surface area contributed by atoms with E-state index in [2.05, 4.69) is 0 Å². The molecule has 3 aromatic rings. The summed E-state index contributed by atoms with van der Waals surface area (Å²) < 4.78 is 23.9. The van der Waals surface area contributed by atoms with Crippen molar-refractivity contribution >= 4 is 21.6 Å². The summed E-state index contributed by atoms with van der Waals surface area (Å²) in [6.07, 6.45) is 1.16. The fourth-order valence-corrected chi connectivity index (χ4v) is 4.71. The Kier molecular flexibility index (Phi) is 5.84. The van der Waals surface area contributed by atoms with Crippen molar-refractivity contribution in [3.8, 4) is 5.75 Å². The Morgan fingerprint density at radius 1 is 1.24 bits per heavy atom. The number of benzene rings is 1. The quantitative estimate of drug-likeness (QED) is 0.612. The zero-order chi connectivity index (χ0) is 20.4. The van der Waals surface area contributed by atoms with Gasteiger partial charge in [0.2, 0.25) is 0 Å². The molecular weight excluding hydrogens is 394 g/mol. The predicted octanol–water partition coefficient (Wildman–Crippen LogP) is 3.27. The van der Waals surface area contributed by atoms with Crippen molar-refractivity contribution in [3.05, 3.63) is 61.7 Å². The van der Waals surface area contributed by atoms with Crippen LogP contribution in [-0.4, -0.2) is 31.0 Å². The van der Waals surface area contributed by atoms with Crippen LogP contribution in [0.25, 0.3) is 10.2 Å². The molecule has 1 fully saturated rings. The Morgan fingerprint density at radius 3 is 2.76 bits per heavy atom. The number of rotatable bonds is 6. The lowest BCUT2D eigenvalue weighted by molar-refractivity contribution is -0.0756. The smallest absolute Gasteiger partial charge is 0.423 e. The van der Waals surface area contributed by atoms with Crippen molar-refractivity contribution in [2.75, 3.05) is 20.3 Å². The highest BCUT2D eigenvalue weighted by molar-refractivity contribution is 7.17. The van der Waals surface area contributed by atoms with Crippen LogP contribution >= 0.6 is 11.3 Å². The number of aromatic nitrogens is 1. The lowest BCUT2D eigenvalue weighted by Crippen LogP contribution is -2.31. The molecule has 2 aromatic heterocycles. The molecule has 1 unspecified atom stereocenters. The summed E-state index contributed by atoms with van der Waals surface area (Å²) >= 11 is 1.36. The topological polar surface area (TPSA) is 79.9 Å². The van der Waals surface area contributed by atoms with E-state index in [0.29, 0.717) is 29.2 Å². The molecule has 0 bridgehead atoms. The summed E-state index contributed by atoms with van der Waals surface area (Å²) in [6, 6.07) is 7.61. The van der Waals surface area contributed by atoms with Gasteiger partial charge in [0, 0.05) is 18.8 Å². The van der Waals surface area contributed by atoms with Crippen molar-refractivity contribution in [2.24, 2.45) is 0 Å². The largest absolute Gasteiger partial charge is 0.496 e. The monoisotopic (exact) mass is 417 g/mol. The average molecular weight is 417 g/mol. The summed E-state index contributed by atoms with van der Waals surface area (Å²) in [7, 11) is 1.61. The number of ether oxygens (including phenoxy) is 3. The number of para-hydroxylation sites is 1. The number of nitrogens with zero attached hydrogens (tertiary/aromatic N) is 1. The van der Waals surface area contributed by atoms with Gasteiger partial charge in [-0.1, -0.05) is 18.2 Å². The Balaban J connectivity index is 1.77. The summed E-state index contributed by atoms with van der Waals surface area (Å²) in [4.78, 5) is 25.3. The second-order valence-corrected chi connectivity index (χ2v) is 7.90. The van der Waals surface area contributed by atoms with E-state index in [1.807, 2.05) is 36.6 Å². The minimum Gasteiger partial charge on any atom is -0.496 e. The second kappa shape index (κ2) is 8.52. The lowest BCUT2D eigenvalue weighted by Gasteiger charge is -2.29. The number of thiophene rings is 1. The number of aryl methyl sites for hydroxylation is 1. The standard InChI is InChI=1S/C21H23NO6S/c1-13-12-29-19-18(13)20(23)28-21(24)22(19)11-17(27-14-7-9-26-10-8-14)15-5-3-4-6-16(15)25-2/h3-6,12,14,17H,7-11H2,1-2H3. The fourth-order valence-electron chi connectivity index (χ4n) is 3.66. The molecule has 1 aromatic carbocycles. The van der Waals surface area contributed by atoms with E-state index in [9.17, 15) is 9.59 Å². The molecule has 29 heavy (non-hydrogen) atoms. The van der Waals surface area contributed by atoms with Crippen molar-refractivity contribution in [3.63, 3.8) is 0 Å². The fraction of sp³-hybridized carbons (Fsp3) is 0.429. The number of hydrogen-bond acceptors (Lipinski definition) is 7. The molecule has 8 heteroatoms. The average Bonchev–Trinajstić information content (AvgIpc) is 3.13. The van der Waals surface area contributed by atoms with Gasteiger partial charge < -0.3 is 18.6 Å². The molecule has 0 amide bonds. The first kappa shape index (κ1) is 19.9. The molecule has 0 radical (unpaired) electrons. The van der Waals surface area contributed by atoms with Gasteiger partial charge in [-0.2, -0.15) is 0 Å². The van der Waals surface area contributed by atoms with Gasteiger partial charge in [0.05, 0.1) is 25.1 Å². The summed E-state index contributed by atoms with van der Waals surface area (Å²) in [5, 5.41) is 2.30. The molecule has 3 heterocycles. The number of fused-ring (bicyclic) bond motifs is 1. The van der Waals surface area contributed by atoms with E-state index in [1.165, 1.54) is 15.9 Å². The van der Waals surface area contributed by atoms with Crippen LogP contribution in [0.4, 0.5) is 0 Å². The van der Waals surface area contributed by atoms with Crippen LogP contribution in [0.5, 0.6) is 5.75 Å². The predicted molar refractivity (Wildman–Crippen MR) is 110 cm³/mol. The van der Waals surface area contributed by atoms with Crippen LogP contribution in [-0.2, 0) is 16.0 Å². The second-order valence-electron chi connectivity index (χ2n) is 7.04. The summed E-state index contributed by atoms with van der Waals surface area (Å²) in [5.74, 6) is 0.00780. The Labute approximate surface area is 171 Å². The molecule has 0 N–H and O–H groups in total. The van der Waals surface area contributed by atoms with Crippen molar-refractivity contribution in [2.45, 2.75) is 38.5 Å². The minimum atomic E-state index is -0.681. The van der Waals surface area contributed by atoms with E-state index < -0.39 is 17.5 Å². The molecule has 0 spiro atoms. The van der Waals surface area contributed by atoms with Gasteiger partial charge in [0.25, 0.3) is 0 Å². The van der Waals surface area contributed by atoms with Crippen molar-refractivity contribution in [1.29, 1.82) is 0 Å². The molecular formula is C21H23NO6S. The summed E-state index contributed by atoms with van der Waals surface area (Å²) in [5.41, 5.74) is 1.05. The molecule has 1 aliphatic heterocycles. The SMILES string of the molecule is COc1ccccc1C(Cn1c(=O)oc(=O)c2c(C)csc21)OC1CCOCC1. The highest BCUT2D eigenvalue weighted by atomic mass is 32.1. The highest BCUT2D eigenvalue weighted by Gasteiger charge is 2.26. The zero-order valence-corrected chi connectivity index (χ0v) is 17.2. The third kappa shape index (κ3) is 4.01. The van der Waals surface area contributed by atoms with Crippen molar-refractivity contribution in [1.82, 2.24) is 4.57 Å². The zero-order valence-electron chi connectivity index (χ0n) is 16.4. The molecule has 0 saturated carbocycles. The highest BCUT2D eigenvalue weighted by Crippen LogP contribution is 2.32. The lowest BCUT2D eigenvalue weighted by atomic mass is 10.1. The van der Waals surface area contributed by atoms with Gasteiger partial charge in [-0.05, 0) is 36.8 Å². The molecule has 4 rings (SSSR count). The van der Waals surface area contributed by atoms with Gasteiger partial charge >= 0.3 is 11.4 Å². The van der Waals surface area contributed by atoms with Gasteiger partial charge in [0.1, 0.15) is 16.7 Å². The van der Waals surface area contributed by atoms with E-state index in [1.54, 1.807) is 7.11 Å². The van der Waals surface area contributed by atoms with Crippen LogP contribution in [0, 0.1) is 6.92 Å². The summed E-state index contributed by atoms with van der Waals surface area (Å²) in [6.45, 7) is 3.35. The molecule has 1 saturated heterocycles.